The Kier molecular flexibility index (Phi) is 6.37. The van der Waals surface area contributed by atoms with Crippen molar-refractivity contribution in [2.75, 3.05) is 4.72 Å². The lowest BCUT2D eigenvalue weighted by Gasteiger charge is -2.28. The van der Waals surface area contributed by atoms with E-state index < -0.39 is 10.0 Å². The van der Waals surface area contributed by atoms with Gasteiger partial charge in [0.05, 0.1) is 4.90 Å². The number of anilines is 1. The normalized spacial score (nSPS) is 19.0. The molecule has 0 amide bonds. The van der Waals surface area contributed by atoms with E-state index in [9.17, 15) is 13.5 Å². The van der Waals surface area contributed by atoms with Crippen molar-refractivity contribution in [3.05, 3.63) is 53.1 Å². The monoisotopic (exact) mass is 427 g/mol. The summed E-state index contributed by atoms with van der Waals surface area (Å²) in [5, 5.41) is 11.2. The van der Waals surface area contributed by atoms with E-state index in [1.165, 1.54) is 38.5 Å². The van der Waals surface area contributed by atoms with Crippen molar-refractivity contribution in [3.63, 3.8) is 0 Å². The van der Waals surface area contributed by atoms with Crippen LogP contribution in [0, 0.1) is 6.92 Å². The Balaban J connectivity index is 1.71. The fourth-order valence-corrected chi connectivity index (χ4v) is 6.16. The Hall–Kier alpha value is -2.01. The van der Waals surface area contributed by atoms with Gasteiger partial charge in [0.2, 0.25) is 0 Å². The van der Waals surface area contributed by atoms with Crippen LogP contribution in [-0.4, -0.2) is 13.5 Å². The Morgan fingerprint density at radius 2 is 1.27 bits per heavy atom. The van der Waals surface area contributed by atoms with Crippen LogP contribution in [-0.2, 0) is 10.0 Å². The third-order valence-electron chi connectivity index (χ3n) is 6.84. The van der Waals surface area contributed by atoms with Crippen LogP contribution in [0.4, 0.5) is 5.69 Å². The van der Waals surface area contributed by atoms with Crippen molar-refractivity contribution in [1.29, 1.82) is 0 Å². The fourth-order valence-electron chi connectivity index (χ4n) is 5.12. The summed E-state index contributed by atoms with van der Waals surface area (Å²) in [6.07, 6.45) is 11.4. The first-order valence-corrected chi connectivity index (χ1v) is 12.9. The van der Waals surface area contributed by atoms with Gasteiger partial charge in [-0.2, -0.15) is 0 Å². The van der Waals surface area contributed by atoms with E-state index in [0.717, 1.165) is 42.4 Å². The van der Waals surface area contributed by atoms with E-state index in [-0.39, 0.29) is 4.90 Å². The molecule has 2 aromatic rings. The van der Waals surface area contributed by atoms with Crippen LogP contribution in [0.1, 0.15) is 92.7 Å². The highest BCUT2D eigenvalue weighted by atomic mass is 32.2. The maximum absolute atomic E-state index is 13.0. The van der Waals surface area contributed by atoms with Gasteiger partial charge in [0.1, 0.15) is 5.75 Å². The van der Waals surface area contributed by atoms with Crippen LogP contribution >= 0.6 is 0 Å². The van der Waals surface area contributed by atoms with Crippen molar-refractivity contribution >= 4 is 15.7 Å². The van der Waals surface area contributed by atoms with Crippen LogP contribution < -0.4 is 4.72 Å². The SMILES string of the molecule is Cc1ccc(S(=O)(=O)Nc2cc(C3CCCCC3)c(O)c(C3CCCCC3)c2)cc1. The second kappa shape index (κ2) is 9.01. The van der Waals surface area contributed by atoms with Gasteiger partial charge in [-0.05, 0) is 79.8 Å². The highest BCUT2D eigenvalue weighted by Gasteiger charge is 2.26. The summed E-state index contributed by atoms with van der Waals surface area (Å²) >= 11 is 0. The number of aromatic hydroxyl groups is 1. The molecule has 0 aromatic heterocycles. The quantitative estimate of drug-likeness (QED) is 0.529. The number of hydrogen-bond donors (Lipinski definition) is 2. The van der Waals surface area contributed by atoms with Gasteiger partial charge >= 0.3 is 0 Å². The highest BCUT2D eigenvalue weighted by molar-refractivity contribution is 7.92. The first-order valence-electron chi connectivity index (χ1n) is 11.4. The molecule has 2 saturated carbocycles. The van der Waals surface area contributed by atoms with Gasteiger partial charge in [-0.25, -0.2) is 8.42 Å². The van der Waals surface area contributed by atoms with Crippen molar-refractivity contribution in [2.45, 2.75) is 87.9 Å². The summed E-state index contributed by atoms with van der Waals surface area (Å²) in [5.41, 5.74) is 3.46. The summed E-state index contributed by atoms with van der Waals surface area (Å²) in [6, 6.07) is 10.7. The van der Waals surface area contributed by atoms with Crippen molar-refractivity contribution in [2.24, 2.45) is 0 Å². The highest BCUT2D eigenvalue weighted by Crippen LogP contribution is 2.45. The molecule has 2 aliphatic rings. The topological polar surface area (TPSA) is 66.4 Å². The Bertz CT molecular complexity index is 931. The molecule has 0 radical (unpaired) electrons. The molecule has 0 bridgehead atoms. The standard InChI is InChI=1S/C25H33NO3S/c1-18-12-14-22(15-13-18)30(28,29)26-21-16-23(19-8-4-2-5-9-19)25(27)24(17-21)20-10-6-3-7-11-20/h12-17,19-20,26-27H,2-11H2,1H3. The predicted molar refractivity (Wildman–Crippen MR) is 122 cm³/mol. The number of benzene rings is 2. The van der Waals surface area contributed by atoms with E-state index in [2.05, 4.69) is 4.72 Å². The van der Waals surface area contributed by atoms with Gasteiger partial charge in [0.25, 0.3) is 10.0 Å². The molecule has 2 aromatic carbocycles. The van der Waals surface area contributed by atoms with Gasteiger partial charge in [-0.15, -0.1) is 0 Å². The minimum atomic E-state index is -3.67. The third kappa shape index (κ3) is 4.66. The number of sulfonamides is 1. The molecular weight excluding hydrogens is 394 g/mol. The molecule has 0 saturated heterocycles. The molecule has 162 valence electrons. The number of aryl methyl sites for hydroxylation is 1. The zero-order valence-electron chi connectivity index (χ0n) is 17.9. The van der Waals surface area contributed by atoms with Crippen LogP contribution in [0.3, 0.4) is 0 Å². The Labute approximate surface area is 180 Å². The number of phenolic OH excluding ortho intramolecular Hbond substituents is 1. The summed E-state index contributed by atoms with van der Waals surface area (Å²) in [7, 11) is -3.67. The van der Waals surface area contributed by atoms with E-state index in [4.69, 9.17) is 0 Å². The average molecular weight is 428 g/mol. The second-order valence-corrected chi connectivity index (χ2v) is 10.8. The number of hydrogen-bond acceptors (Lipinski definition) is 3. The second-order valence-electron chi connectivity index (χ2n) is 9.09. The van der Waals surface area contributed by atoms with Crippen LogP contribution in [0.15, 0.2) is 41.3 Å². The van der Waals surface area contributed by atoms with E-state index in [1.807, 2.05) is 31.2 Å². The van der Waals surface area contributed by atoms with Crippen LogP contribution in [0.2, 0.25) is 0 Å². The summed E-state index contributed by atoms with van der Waals surface area (Å²) in [6.45, 7) is 1.94. The van der Waals surface area contributed by atoms with E-state index >= 15 is 0 Å². The lowest BCUT2D eigenvalue weighted by Crippen LogP contribution is -2.15. The molecule has 0 atom stereocenters. The van der Waals surface area contributed by atoms with Gasteiger partial charge < -0.3 is 5.11 Å². The van der Waals surface area contributed by atoms with E-state index in [0.29, 0.717) is 23.3 Å². The van der Waals surface area contributed by atoms with Crippen molar-refractivity contribution in [1.82, 2.24) is 0 Å². The largest absolute Gasteiger partial charge is 0.507 e. The molecular formula is C25H33NO3S. The lowest BCUT2D eigenvalue weighted by atomic mass is 9.79. The molecule has 2 fully saturated rings. The van der Waals surface area contributed by atoms with E-state index in [1.54, 1.807) is 12.1 Å². The first kappa shape index (κ1) is 21.2. The smallest absolute Gasteiger partial charge is 0.261 e. The molecule has 2 N–H and O–H groups in total. The van der Waals surface area contributed by atoms with Crippen molar-refractivity contribution < 1.29 is 13.5 Å². The molecule has 0 heterocycles. The third-order valence-corrected chi connectivity index (χ3v) is 8.24. The lowest BCUT2D eigenvalue weighted by molar-refractivity contribution is 0.393. The number of phenols is 1. The molecule has 0 unspecified atom stereocenters. The zero-order chi connectivity index (χ0) is 21.1. The maximum atomic E-state index is 13.0. The summed E-state index contributed by atoms with van der Waals surface area (Å²) in [5.74, 6) is 1.03. The molecule has 5 heteroatoms. The molecule has 30 heavy (non-hydrogen) atoms. The molecule has 4 nitrogen and oxygen atoms in total. The molecule has 4 rings (SSSR count). The average Bonchev–Trinajstić information content (AvgIpc) is 2.76. The fraction of sp³-hybridized carbons (Fsp3) is 0.520. The zero-order valence-corrected chi connectivity index (χ0v) is 18.7. The van der Waals surface area contributed by atoms with Gasteiger partial charge in [-0.3, -0.25) is 4.72 Å². The Morgan fingerprint density at radius 1 is 0.800 bits per heavy atom. The minimum absolute atomic E-state index is 0.264. The van der Waals surface area contributed by atoms with Gasteiger partial charge in [0, 0.05) is 5.69 Å². The van der Waals surface area contributed by atoms with Crippen LogP contribution in [0.5, 0.6) is 5.75 Å². The molecule has 0 spiro atoms. The first-order chi connectivity index (χ1) is 14.4. The van der Waals surface area contributed by atoms with Crippen molar-refractivity contribution in [3.8, 4) is 5.75 Å². The minimum Gasteiger partial charge on any atom is -0.507 e. The Morgan fingerprint density at radius 3 is 1.73 bits per heavy atom. The summed E-state index contributed by atoms with van der Waals surface area (Å²) in [4.78, 5) is 0.264. The van der Waals surface area contributed by atoms with Crippen LogP contribution in [0.25, 0.3) is 0 Å². The predicted octanol–water partition coefficient (Wildman–Crippen LogP) is 6.60. The summed E-state index contributed by atoms with van der Waals surface area (Å²) < 4.78 is 28.8. The van der Waals surface area contributed by atoms with Gasteiger partial charge in [-0.1, -0.05) is 56.2 Å². The molecule has 0 aliphatic heterocycles. The molecule has 2 aliphatic carbocycles. The maximum Gasteiger partial charge on any atom is 0.261 e. The number of nitrogens with one attached hydrogen (secondary N) is 1. The van der Waals surface area contributed by atoms with Gasteiger partial charge in [0.15, 0.2) is 0 Å². The number of rotatable bonds is 5.